The fourth-order valence-corrected chi connectivity index (χ4v) is 3.93. The van der Waals surface area contributed by atoms with Gasteiger partial charge in [0.25, 0.3) is 0 Å². The van der Waals surface area contributed by atoms with Gasteiger partial charge in [-0.25, -0.2) is 0 Å². The number of pyridine rings is 1. The normalized spacial score (nSPS) is 12.8. The van der Waals surface area contributed by atoms with Crippen LogP contribution in [-0.2, 0) is 6.54 Å². The fraction of sp³-hybridized carbons (Fsp3) is 0.318. The summed E-state index contributed by atoms with van der Waals surface area (Å²) in [6.45, 7) is 9.43. The smallest absolute Gasteiger partial charge is 0.230 e. The van der Waals surface area contributed by atoms with Crippen LogP contribution in [0.1, 0.15) is 56.2 Å². The van der Waals surface area contributed by atoms with Crippen molar-refractivity contribution in [1.29, 1.82) is 0 Å². The highest BCUT2D eigenvalue weighted by Crippen LogP contribution is 2.38. The summed E-state index contributed by atoms with van der Waals surface area (Å²) in [5.41, 5.74) is 6.53. The highest BCUT2D eigenvalue weighted by Gasteiger charge is 2.33. The Morgan fingerprint density at radius 2 is 1.64 bits per heavy atom. The molecule has 2 aromatic heterocycles. The average Bonchev–Trinajstić information content (AvgIpc) is 3.08. The van der Waals surface area contributed by atoms with Crippen LogP contribution in [0.25, 0.3) is 17.1 Å². The number of aromatic nitrogens is 2. The lowest BCUT2D eigenvalue weighted by molar-refractivity contribution is -0.672. The molecular weight excluding hydrogens is 311 g/mol. The first-order valence-corrected chi connectivity index (χ1v) is 9.01. The maximum atomic E-state index is 15.1. The maximum absolute atomic E-state index is 15.1. The number of hydrogen-bond acceptors (Lipinski definition) is 0. The van der Waals surface area contributed by atoms with E-state index >= 15 is 4.39 Å². The summed E-state index contributed by atoms with van der Waals surface area (Å²) in [7, 11) is 0. The number of fused-ring (bicyclic) bond motifs is 3. The number of halogens is 1. The van der Waals surface area contributed by atoms with Gasteiger partial charge in [0.1, 0.15) is 5.69 Å². The Bertz CT molecular complexity index is 924. The quantitative estimate of drug-likeness (QED) is 0.456. The third-order valence-corrected chi connectivity index (χ3v) is 5.12. The molecule has 0 bridgehead atoms. The van der Waals surface area contributed by atoms with Crippen LogP contribution in [0.2, 0.25) is 0 Å². The standard InChI is InChI=1S/C22H24FN2/c1-14(2)17-8-7-9-18(15(3)4)22(17)25-20(23)12-16-13-24-11-6-5-10-19(24)21(16)25/h5-12,14-15H,13H2,1-4H3/q+1. The second-order valence-electron chi connectivity index (χ2n) is 7.48. The number of hydrogen-bond donors (Lipinski definition) is 0. The lowest BCUT2D eigenvalue weighted by Crippen LogP contribution is -2.31. The molecule has 4 rings (SSSR count). The molecule has 0 aliphatic carbocycles. The summed E-state index contributed by atoms with van der Waals surface area (Å²) in [5, 5.41) is 0. The van der Waals surface area contributed by atoms with E-state index in [0.29, 0.717) is 11.8 Å². The van der Waals surface area contributed by atoms with Crippen molar-refractivity contribution in [2.75, 3.05) is 0 Å². The average molecular weight is 335 g/mol. The molecule has 0 N–H and O–H groups in total. The van der Waals surface area contributed by atoms with Crippen molar-refractivity contribution in [3.63, 3.8) is 0 Å². The minimum absolute atomic E-state index is 0.171. The summed E-state index contributed by atoms with van der Waals surface area (Å²) in [6, 6.07) is 14.2. The first kappa shape index (κ1) is 16.1. The van der Waals surface area contributed by atoms with Gasteiger partial charge in [-0.1, -0.05) is 45.9 Å². The number of para-hydroxylation sites is 1. The van der Waals surface area contributed by atoms with Crippen molar-refractivity contribution in [2.24, 2.45) is 0 Å². The van der Waals surface area contributed by atoms with E-state index in [1.165, 1.54) is 11.1 Å². The molecule has 0 saturated carbocycles. The van der Waals surface area contributed by atoms with E-state index in [0.717, 1.165) is 29.2 Å². The van der Waals surface area contributed by atoms with Crippen molar-refractivity contribution in [3.8, 4) is 17.1 Å². The molecule has 3 aromatic rings. The summed E-state index contributed by atoms with van der Waals surface area (Å²) in [5.74, 6) is 0.487. The molecule has 1 aliphatic heterocycles. The van der Waals surface area contributed by atoms with Crippen LogP contribution in [0.5, 0.6) is 0 Å². The van der Waals surface area contributed by atoms with Crippen LogP contribution in [0.3, 0.4) is 0 Å². The number of rotatable bonds is 3. The molecule has 0 amide bonds. The van der Waals surface area contributed by atoms with E-state index in [2.05, 4.69) is 62.7 Å². The first-order chi connectivity index (χ1) is 12.0. The largest absolute Gasteiger partial charge is 0.280 e. The predicted octanol–water partition coefficient (Wildman–Crippen LogP) is 5.18. The molecule has 2 nitrogen and oxygen atoms in total. The Morgan fingerprint density at radius 3 is 2.28 bits per heavy atom. The van der Waals surface area contributed by atoms with Gasteiger partial charge in [-0.15, -0.1) is 0 Å². The van der Waals surface area contributed by atoms with E-state index in [1.54, 1.807) is 6.07 Å². The molecule has 25 heavy (non-hydrogen) atoms. The van der Waals surface area contributed by atoms with Crippen molar-refractivity contribution in [3.05, 3.63) is 71.3 Å². The summed E-state index contributed by atoms with van der Waals surface area (Å²) < 4.78 is 19.1. The van der Waals surface area contributed by atoms with Gasteiger partial charge >= 0.3 is 0 Å². The van der Waals surface area contributed by atoms with Gasteiger partial charge < -0.3 is 0 Å². The SMILES string of the molecule is CC(C)c1cccc(C(C)C)c1-n1c(F)cc2c1-c1cccc[n+]1C2. The van der Waals surface area contributed by atoms with E-state index in [-0.39, 0.29) is 5.95 Å². The van der Waals surface area contributed by atoms with Crippen LogP contribution in [0, 0.1) is 5.95 Å². The van der Waals surface area contributed by atoms with E-state index < -0.39 is 0 Å². The zero-order chi connectivity index (χ0) is 17.7. The summed E-state index contributed by atoms with van der Waals surface area (Å²) in [6.07, 6.45) is 2.06. The van der Waals surface area contributed by atoms with Crippen molar-refractivity contribution >= 4 is 0 Å². The maximum Gasteiger partial charge on any atom is 0.230 e. The van der Waals surface area contributed by atoms with Crippen LogP contribution < -0.4 is 4.57 Å². The molecule has 3 heterocycles. The Balaban J connectivity index is 2.07. The van der Waals surface area contributed by atoms with Crippen molar-refractivity contribution in [2.45, 2.75) is 46.1 Å². The second-order valence-corrected chi connectivity index (χ2v) is 7.48. The van der Waals surface area contributed by atoms with Crippen molar-refractivity contribution < 1.29 is 8.96 Å². The molecule has 0 fully saturated rings. The molecule has 128 valence electrons. The molecule has 1 aromatic carbocycles. The summed E-state index contributed by atoms with van der Waals surface area (Å²) >= 11 is 0. The minimum atomic E-state index is -0.171. The molecule has 0 unspecified atom stereocenters. The number of benzene rings is 1. The molecule has 0 saturated heterocycles. The van der Waals surface area contributed by atoms with Crippen LogP contribution in [0.4, 0.5) is 4.39 Å². The van der Waals surface area contributed by atoms with E-state index in [9.17, 15) is 0 Å². The van der Waals surface area contributed by atoms with Gasteiger partial charge in [-0.3, -0.25) is 4.57 Å². The van der Waals surface area contributed by atoms with Crippen LogP contribution in [-0.4, -0.2) is 4.57 Å². The lowest BCUT2D eigenvalue weighted by atomic mass is 9.92. The zero-order valence-corrected chi connectivity index (χ0v) is 15.3. The molecule has 3 heteroatoms. The molecular formula is C22H24FN2+. The van der Waals surface area contributed by atoms with Gasteiger partial charge in [0, 0.05) is 18.2 Å². The van der Waals surface area contributed by atoms with E-state index in [1.807, 2.05) is 16.7 Å². The van der Waals surface area contributed by atoms with Crippen LogP contribution >= 0.6 is 0 Å². The molecule has 0 spiro atoms. The molecule has 0 radical (unpaired) electrons. The summed E-state index contributed by atoms with van der Waals surface area (Å²) in [4.78, 5) is 0. The lowest BCUT2D eigenvalue weighted by Gasteiger charge is -2.21. The van der Waals surface area contributed by atoms with Gasteiger partial charge in [0.2, 0.25) is 5.69 Å². The first-order valence-electron chi connectivity index (χ1n) is 9.01. The monoisotopic (exact) mass is 335 g/mol. The van der Waals surface area contributed by atoms with Crippen molar-refractivity contribution in [1.82, 2.24) is 4.57 Å². The second kappa shape index (κ2) is 5.83. The molecule has 0 atom stereocenters. The van der Waals surface area contributed by atoms with Gasteiger partial charge in [-0.05, 0) is 29.0 Å². The Kier molecular flexibility index (Phi) is 3.75. The van der Waals surface area contributed by atoms with E-state index in [4.69, 9.17) is 0 Å². The predicted molar refractivity (Wildman–Crippen MR) is 98.6 cm³/mol. The third-order valence-electron chi connectivity index (χ3n) is 5.12. The topological polar surface area (TPSA) is 8.81 Å². The Labute approximate surface area is 148 Å². The Hall–Kier alpha value is -2.42. The zero-order valence-electron chi connectivity index (χ0n) is 15.3. The van der Waals surface area contributed by atoms with Gasteiger partial charge in [-0.2, -0.15) is 8.96 Å². The third kappa shape index (κ3) is 2.41. The molecule has 1 aliphatic rings. The minimum Gasteiger partial charge on any atom is -0.280 e. The van der Waals surface area contributed by atoms with Crippen LogP contribution in [0.15, 0.2) is 48.7 Å². The highest BCUT2D eigenvalue weighted by molar-refractivity contribution is 5.66. The fourth-order valence-electron chi connectivity index (χ4n) is 3.93. The highest BCUT2D eigenvalue weighted by atomic mass is 19.1. The van der Waals surface area contributed by atoms with Gasteiger partial charge in [0.05, 0.1) is 11.3 Å². The Morgan fingerprint density at radius 1 is 0.960 bits per heavy atom. The van der Waals surface area contributed by atoms with Gasteiger partial charge in [0.15, 0.2) is 18.7 Å². The number of nitrogens with zero attached hydrogens (tertiary/aromatic N) is 2.